The maximum absolute atomic E-state index is 12.3. The number of nitriles is 1. The highest BCUT2D eigenvalue weighted by atomic mass is 32.2. The molecule has 0 aromatic carbocycles. The Morgan fingerprint density at radius 2 is 1.86 bits per heavy atom. The first-order valence-electron chi connectivity index (χ1n) is 8.19. The third kappa shape index (κ3) is 5.24. The molecule has 2 heterocycles. The van der Waals surface area contributed by atoms with Gasteiger partial charge in [-0.05, 0) is 51.1 Å². The fourth-order valence-corrected chi connectivity index (χ4v) is 4.97. The highest BCUT2D eigenvalue weighted by Crippen LogP contribution is 2.22. The van der Waals surface area contributed by atoms with Crippen LogP contribution < -0.4 is 0 Å². The second kappa shape index (κ2) is 8.11. The Morgan fingerprint density at radius 3 is 2.57 bits per heavy atom. The van der Waals surface area contributed by atoms with Gasteiger partial charge in [-0.15, -0.1) is 0 Å². The quantitative estimate of drug-likeness (QED) is 0.673. The maximum Gasteiger partial charge on any atom is 0.214 e. The molecule has 0 N–H and O–H groups in total. The number of unbranched alkanes of at least 4 members (excludes halogenated alkanes) is 2. The van der Waals surface area contributed by atoms with Gasteiger partial charge in [0.2, 0.25) is 10.0 Å². The standard InChI is InChI=1S/C15H27N3O2S/c16-8-3-1-6-12-21(19,20)18-11-7-15(14-18)13-17-9-4-2-5-10-17/h15H,1-7,9-14H2/t15-/m1/s1. The van der Waals surface area contributed by atoms with Crippen molar-refractivity contribution in [2.75, 3.05) is 38.5 Å². The van der Waals surface area contributed by atoms with Crippen LogP contribution >= 0.6 is 0 Å². The van der Waals surface area contributed by atoms with E-state index in [1.165, 1.54) is 32.4 Å². The molecular weight excluding hydrogens is 286 g/mol. The van der Waals surface area contributed by atoms with Crippen molar-refractivity contribution < 1.29 is 8.42 Å². The lowest BCUT2D eigenvalue weighted by Crippen LogP contribution is -2.36. The number of likely N-dealkylation sites (tertiary alicyclic amines) is 1. The second-order valence-corrected chi connectivity index (χ2v) is 8.39. The van der Waals surface area contributed by atoms with Crippen LogP contribution in [0.4, 0.5) is 0 Å². The topological polar surface area (TPSA) is 64.4 Å². The highest BCUT2D eigenvalue weighted by Gasteiger charge is 2.31. The molecule has 2 aliphatic heterocycles. The van der Waals surface area contributed by atoms with Crippen molar-refractivity contribution in [3.8, 4) is 6.07 Å². The summed E-state index contributed by atoms with van der Waals surface area (Å²) in [5.41, 5.74) is 0. The summed E-state index contributed by atoms with van der Waals surface area (Å²) >= 11 is 0. The summed E-state index contributed by atoms with van der Waals surface area (Å²) in [4.78, 5) is 2.50. The zero-order valence-electron chi connectivity index (χ0n) is 12.8. The first kappa shape index (κ1) is 16.7. The third-order valence-electron chi connectivity index (χ3n) is 4.55. The van der Waals surface area contributed by atoms with E-state index in [1.54, 1.807) is 4.31 Å². The number of piperidine rings is 1. The average molecular weight is 313 g/mol. The lowest BCUT2D eigenvalue weighted by Gasteiger charge is -2.28. The molecule has 0 bridgehead atoms. The molecule has 120 valence electrons. The van der Waals surface area contributed by atoms with Crippen LogP contribution in [0.1, 0.15) is 44.9 Å². The van der Waals surface area contributed by atoms with Crippen molar-refractivity contribution in [1.29, 1.82) is 5.26 Å². The summed E-state index contributed by atoms with van der Waals surface area (Å²) in [6, 6.07) is 2.06. The van der Waals surface area contributed by atoms with Crippen LogP contribution in [0.3, 0.4) is 0 Å². The Hall–Kier alpha value is -0.640. The predicted molar refractivity (Wildman–Crippen MR) is 83.2 cm³/mol. The van der Waals surface area contributed by atoms with Gasteiger partial charge < -0.3 is 4.90 Å². The van der Waals surface area contributed by atoms with Crippen LogP contribution in [0.15, 0.2) is 0 Å². The third-order valence-corrected chi connectivity index (χ3v) is 6.47. The van der Waals surface area contributed by atoms with Crippen molar-refractivity contribution in [3.63, 3.8) is 0 Å². The molecule has 2 fully saturated rings. The van der Waals surface area contributed by atoms with Gasteiger partial charge in [-0.25, -0.2) is 12.7 Å². The lowest BCUT2D eigenvalue weighted by atomic mass is 10.1. The van der Waals surface area contributed by atoms with Gasteiger partial charge in [0.1, 0.15) is 0 Å². The molecular formula is C15H27N3O2S. The van der Waals surface area contributed by atoms with Gasteiger partial charge in [0.15, 0.2) is 0 Å². The van der Waals surface area contributed by atoms with Crippen LogP contribution in [-0.4, -0.2) is 56.1 Å². The van der Waals surface area contributed by atoms with Gasteiger partial charge in [0, 0.05) is 26.1 Å². The Bertz CT molecular complexity index is 452. The van der Waals surface area contributed by atoms with Crippen molar-refractivity contribution >= 4 is 10.0 Å². The van der Waals surface area contributed by atoms with Gasteiger partial charge in [-0.1, -0.05) is 6.42 Å². The Morgan fingerprint density at radius 1 is 1.10 bits per heavy atom. The summed E-state index contributed by atoms with van der Waals surface area (Å²) in [7, 11) is -3.11. The number of nitrogens with zero attached hydrogens (tertiary/aromatic N) is 3. The Balaban J connectivity index is 1.74. The van der Waals surface area contributed by atoms with E-state index in [1.807, 2.05) is 0 Å². The predicted octanol–water partition coefficient (Wildman–Crippen LogP) is 1.82. The zero-order chi connectivity index (χ0) is 15.1. The molecule has 21 heavy (non-hydrogen) atoms. The van der Waals surface area contributed by atoms with E-state index in [4.69, 9.17) is 5.26 Å². The number of sulfonamides is 1. The molecule has 0 aliphatic carbocycles. The highest BCUT2D eigenvalue weighted by molar-refractivity contribution is 7.89. The van der Waals surface area contributed by atoms with E-state index in [-0.39, 0.29) is 5.75 Å². The summed E-state index contributed by atoms with van der Waals surface area (Å²) in [6.45, 7) is 4.78. The van der Waals surface area contributed by atoms with Crippen LogP contribution in [0.2, 0.25) is 0 Å². The largest absolute Gasteiger partial charge is 0.303 e. The smallest absolute Gasteiger partial charge is 0.214 e. The molecule has 2 saturated heterocycles. The SMILES string of the molecule is N#CCCCCS(=O)(=O)N1CC[C@H](CN2CCCCC2)C1. The molecule has 0 spiro atoms. The average Bonchev–Trinajstić information content (AvgIpc) is 2.94. The van der Waals surface area contributed by atoms with E-state index in [0.29, 0.717) is 38.3 Å². The Kier molecular flexibility index (Phi) is 6.46. The number of rotatable bonds is 7. The summed E-state index contributed by atoms with van der Waals surface area (Å²) < 4.78 is 26.2. The van der Waals surface area contributed by atoms with Crippen LogP contribution in [-0.2, 0) is 10.0 Å². The summed E-state index contributed by atoms with van der Waals surface area (Å²) in [5, 5.41) is 8.48. The molecule has 2 aliphatic rings. The molecule has 5 nitrogen and oxygen atoms in total. The van der Waals surface area contributed by atoms with E-state index in [0.717, 1.165) is 13.0 Å². The molecule has 1 atom stereocenters. The van der Waals surface area contributed by atoms with E-state index in [2.05, 4.69) is 11.0 Å². The molecule has 0 aromatic rings. The summed E-state index contributed by atoms with van der Waals surface area (Å²) in [6.07, 6.45) is 6.64. The van der Waals surface area contributed by atoms with Crippen molar-refractivity contribution in [1.82, 2.24) is 9.21 Å². The normalized spacial score (nSPS) is 25.0. The van der Waals surface area contributed by atoms with E-state index < -0.39 is 10.0 Å². The second-order valence-electron chi connectivity index (χ2n) is 6.31. The van der Waals surface area contributed by atoms with Gasteiger partial charge in [0.05, 0.1) is 11.8 Å². The van der Waals surface area contributed by atoms with Gasteiger partial charge in [-0.2, -0.15) is 5.26 Å². The first-order valence-corrected chi connectivity index (χ1v) is 9.80. The minimum Gasteiger partial charge on any atom is -0.303 e. The molecule has 0 aromatic heterocycles. The molecule has 0 saturated carbocycles. The molecule has 0 unspecified atom stereocenters. The summed E-state index contributed by atoms with van der Waals surface area (Å²) in [5.74, 6) is 0.697. The van der Waals surface area contributed by atoms with Gasteiger partial charge in [0.25, 0.3) is 0 Å². The fourth-order valence-electron chi connectivity index (χ4n) is 3.32. The first-order chi connectivity index (χ1) is 10.1. The maximum atomic E-state index is 12.3. The zero-order valence-corrected chi connectivity index (χ0v) is 13.7. The monoisotopic (exact) mass is 313 g/mol. The van der Waals surface area contributed by atoms with Crippen molar-refractivity contribution in [2.24, 2.45) is 5.92 Å². The van der Waals surface area contributed by atoms with E-state index >= 15 is 0 Å². The van der Waals surface area contributed by atoms with Gasteiger partial charge in [-0.3, -0.25) is 0 Å². The minimum absolute atomic E-state index is 0.200. The molecule has 0 amide bonds. The van der Waals surface area contributed by atoms with Crippen molar-refractivity contribution in [3.05, 3.63) is 0 Å². The van der Waals surface area contributed by atoms with Crippen molar-refractivity contribution in [2.45, 2.75) is 44.9 Å². The molecule has 6 heteroatoms. The fraction of sp³-hybridized carbons (Fsp3) is 0.933. The van der Waals surface area contributed by atoms with Crippen LogP contribution in [0.25, 0.3) is 0 Å². The lowest BCUT2D eigenvalue weighted by molar-refractivity contribution is 0.198. The molecule has 2 rings (SSSR count). The van der Waals surface area contributed by atoms with E-state index in [9.17, 15) is 8.42 Å². The number of hydrogen-bond acceptors (Lipinski definition) is 4. The van der Waals surface area contributed by atoms with Crippen LogP contribution in [0.5, 0.6) is 0 Å². The molecule has 0 radical (unpaired) electrons. The van der Waals surface area contributed by atoms with Gasteiger partial charge >= 0.3 is 0 Å². The minimum atomic E-state index is -3.11. The Labute approximate surface area is 129 Å². The van der Waals surface area contributed by atoms with Crippen LogP contribution in [0, 0.1) is 17.2 Å². The number of hydrogen-bond donors (Lipinski definition) is 0.